The molecule has 0 radical (unpaired) electrons. The lowest BCUT2D eigenvalue weighted by atomic mass is 9.96. The lowest BCUT2D eigenvalue weighted by molar-refractivity contribution is -0.130. The molecule has 6 rings (SSSR count). The first-order chi connectivity index (χ1) is 21.3. The normalized spacial score (nSPS) is 17.0. The number of fused-ring (bicyclic) bond motifs is 3. The second-order valence-corrected chi connectivity index (χ2v) is 12.0. The van der Waals surface area contributed by atoms with Gasteiger partial charge >= 0.3 is 11.3 Å². The molecule has 232 valence electrons. The van der Waals surface area contributed by atoms with Gasteiger partial charge in [-0.15, -0.1) is 0 Å². The van der Waals surface area contributed by atoms with E-state index in [1.807, 2.05) is 33.7 Å². The molecule has 2 aromatic carbocycles. The van der Waals surface area contributed by atoms with Gasteiger partial charge in [-0.2, -0.15) is 0 Å². The summed E-state index contributed by atoms with van der Waals surface area (Å²) >= 11 is 0. The van der Waals surface area contributed by atoms with Crippen molar-refractivity contribution in [1.29, 1.82) is 0 Å². The van der Waals surface area contributed by atoms with Crippen LogP contribution < -0.4 is 16.6 Å². The van der Waals surface area contributed by atoms with Crippen LogP contribution in [0.2, 0.25) is 0 Å². The number of nitrogens with zero attached hydrogens (tertiary/aromatic N) is 3. The third-order valence-electron chi connectivity index (χ3n) is 9.12. The molecule has 2 aliphatic rings. The van der Waals surface area contributed by atoms with Crippen molar-refractivity contribution in [3.8, 4) is 0 Å². The van der Waals surface area contributed by atoms with E-state index in [9.17, 15) is 23.6 Å². The first kappa shape index (κ1) is 29.8. The quantitative estimate of drug-likeness (QED) is 0.305. The van der Waals surface area contributed by atoms with Crippen LogP contribution >= 0.6 is 0 Å². The van der Waals surface area contributed by atoms with Crippen molar-refractivity contribution in [2.75, 3.05) is 39.3 Å². The van der Waals surface area contributed by atoms with Crippen molar-refractivity contribution in [3.05, 3.63) is 80.2 Å². The number of halogens is 1. The fraction of sp³-hybridized carbons (Fsp3) is 0.455. The number of amides is 2. The summed E-state index contributed by atoms with van der Waals surface area (Å²) in [6.45, 7) is 5.86. The van der Waals surface area contributed by atoms with E-state index in [-0.39, 0.29) is 41.4 Å². The van der Waals surface area contributed by atoms with E-state index < -0.39 is 11.3 Å². The number of piperidine rings is 2. The number of hydrogen-bond donors (Lipinski definition) is 1. The Kier molecular flexibility index (Phi) is 8.65. The second-order valence-electron chi connectivity index (χ2n) is 12.0. The van der Waals surface area contributed by atoms with Gasteiger partial charge in [-0.1, -0.05) is 24.3 Å². The fourth-order valence-electron chi connectivity index (χ4n) is 6.57. The van der Waals surface area contributed by atoms with E-state index in [1.54, 1.807) is 19.1 Å². The maximum absolute atomic E-state index is 14.1. The van der Waals surface area contributed by atoms with Crippen molar-refractivity contribution in [2.45, 2.75) is 51.5 Å². The van der Waals surface area contributed by atoms with Gasteiger partial charge in [-0.25, -0.2) is 14.0 Å². The summed E-state index contributed by atoms with van der Waals surface area (Å²) in [6.07, 6.45) is 4.04. The lowest BCUT2D eigenvalue weighted by Crippen LogP contribution is -2.40. The van der Waals surface area contributed by atoms with Crippen molar-refractivity contribution in [1.82, 2.24) is 19.7 Å². The van der Waals surface area contributed by atoms with Gasteiger partial charge in [0, 0.05) is 57.6 Å². The van der Waals surface area contributed by atoms with Crippen molar-refractivity contribution < 1.29 is 22.8 Å². The van der Waals surface area contributed by atoms with E-state index in [0.717, 1.165) is 56.4 Å². The topological polar surface area (TPSA) is 118 Å². The second kappa shape index (κ2) is 12.8. The summed E-state index contributed by atoms with van der Waals surface area (Å²) in [4.78, 5) is 52.9. The highest BCUT2D eigenvalue weighted by atomic mass is 19.1. The third-order valence-corrected chi connectivity index (χ3v) is 9.12. The fourth-order valence-corrected chi connectivity index (χ4v) is 6.57. The molecule has 2 fully saturated rings. The van der Waals surface area contributed by atoms with E-state index in [2.05, 4.69) is 10.2 Å². The average molecular weight is 605 g/mol. The Morgan fingerprint density at radius 2 is 1.68 bits per heavy atom. The van der Waals surface area contributed by atoms with Gasteiger partial charge in [0.25, 0.3) is 0 Å². The predicted octanol–water partition coefficient (Wildman–Crippen LogP) is 3.64. The smallest absolute Gasteiger partial charge is 0.412 e. The number of rotatable bonds is 8. The van der Waals surface area contributed by atoms with E-state index >= 15 is 0 Å². The number of likely N-dealkylation sites (tertiary alicyclic amines) is 2. The summed E-state index contributed by atoms with van der Waals surface area (Å²) in [5.41, 5.74) is 0.549. The zero-order valence-corrected chi connectivity index (χ0v) is 24.9. The van der Waals surface area contributed by atoms with Gasteiger partial charge in [-0.3, -0.25) is 9.59 Å². The molecule has 2 aliphatic heterocycles. The van der Waals surface area contributed by atoms with E-state index in [4.69, 9.17) is 8.83 Å². The van der Waals surface area contributed by atoms with Gasteiger partial charge in [0.2, 0.25) is 23.1 Å². The molecule has 0 aliphatic carbocycles. The first-order valence-electron chi connectivity index (χ1n) is 15.4. The lowest BCUT2D eigenvalue weighted by Gasteiger charge is -2.33. The summed E-state index contributed by atoms with van der Waals surface area (Å²) in [7, 11) is 0. The minimum absolute atomic E-state index is 0.0273. The van der Waals surface area contributed by atoms with Gasteiger partial charge in [0.05, 0.1) is 11.9 Å². The molecule has 4 heterocycles. The van der Waals surface area contributed by atoms with Crippen LogP contribution in [0.4, 0.5) is 4.39 Å². The SMILES string of the molecule is CC(=O)N1CCC(CNC(=O)Cc2ccc3c4oc(=O)c(=O)oc4n(C4CCN(CCc5ccccc5F)CC4)c3c2)CC1. The highest BCUT2D eigenvalue weighted by Crippen LogP contribution is 2.35. The molecule has 44 heavy (non-hydrogen) atoms. The Morgan fingerprint density at radius 1 is 0.955 bits per heavy atom. The Morgan fingerprint density at radius 3 is 2.41 bits per heavy atom. The maximum Gasteiger partial charge on any atom is 0.424 e. The molecule has 2 saturated heterocycles. The van der Waals surface area contributed by atoms with E-state index in [1.165, 1.54) is 6.07 Å². The molecule has 0 unspecified atom stereocenters. The summed E-state index contributed by atoms with van der Waals surface area (Å²) in [5, 5.41) is 3.69. The van der Waals surface area contributed by atoms with Gasteiger partial charge in [0.15, 0.2) is 0 Å². The van der Waals surface area contributed by atoms with Crippen LogP contribution in [-0.2, 0) is 22.4 Å². The Hall–Kier alpha value is -4.25. The van der Waals surface area contributed by atoms with Gasteiger partial charge in [-0.05, 0) is 67.3 Å². The Bertz CT molecular complexity index is 1790. The Labute approximate surface area is 253 Å². The van der Waals surface area contributed by atoms with Crippen LogP contribution in [-0.4, -0.2) is 65.4 Å². The molecule has 0 spiro atoms. The number of aromatic nitrogens is 1. The first-order valence-corrected chi connectivity index (χ1v) is 15.4. The highest BCUT2D eigenvalue weighted by Gasteiger charge is 2.27. The number of hydrogen-bond acceptors (Lipinski definition) is 7. The molecule has 4 aromatic rings. The number of carbonyl (C=O) groups is 2. The van der Waals surface area contributed by atoms with Crippen LogP contribution in [0.25, 0.3) is 22.2 Å². The minimum Gasteiger partial charge on any atom is -0.412 e. The summed E-state index contributed by atoms with van der Waals surface area (Å²) < 4.78 is 27.0. The minimum atomic E-state index is -1.06. The van der Waals surface area contributed by atoms with Crippen LogP contribution in [0.3, 0.4) is 0 Å². The summed E-state index contributed by atoms with van der Waals surface area (Å²) in [5.74, 6) is 0.137. The largest absolute Gasteiger partial charge is 0.424 e. The molecule has 11 heteroatoms. The molecule has 0 bridgehead atoms. The molecule has 2 amide bonds. The van der Waals surface area contributed by atoms with Gasteiger partial charge in [0.1, 0.15) is 5.82 Å². The van der Waals surface area contributed by atoms with Gasteiger partial charge < -0.3 is 28.5 Å². The third kappa shape index (κ3) is 6.33. The molecule has 2 aromatic heterocycles. The van der Waals surface area contributed by atoms with Crippen molar-refractivity contribution in [3.63, 3.8) is 0 Å². The van der Waals surface area contributed by atoms with Crippen molar-refractivity contribution in [2.24, 2.45) is 5.92 Å². The predicted molar refractivity (Wildman–Crippen MR) is 163 cm³/mol. The molecular weight excluding hydrogens is 567 g/mol. The maximum atomic E-state index is 14.1. The summed E-state index contributed by atoms with van der Waals surface area (Å²) in [6, 6.07) is 12.3. The zero-order chi connectivity index (χ0) is 30.8. The van der Waals surface area contributed by atoms with Crippen LogP contribution in [0.5, 0.6) is 0 Å². The molecule has 1 N–H and O–H groups in total. The van der Waals surface area contributed by atoms with Crippen LogP contribution in [0, 0.1) is 11.7 Å². The van der Waals surface area contributed by atoms with E-state index in [0.29, 0.717) is 42.9 Å². The average Bonchev–Trinajstić information content (AvgIpc) is 3.32. The molecule has 10 nitrogen and oxygen atoms in total. The standard InChI is InChI=1S/C33H37FN4O6/c1-21(39)37-16-8-22(9-17-37)20-35-29(40)19-23-6-7-26-28(18-23)38(31-30(26)43-32(41)33(42)44-31)25-11-14-36(15-12-25)13-10-24-4-2-3-5-27(24)34/h2-7,18,22,25H,8-17,19-20H2,1H3,(H,35,40). The molecular formula is C33H37FN4O6. The van der Waals surface area contributed by atoms with Crippen molar-refractivity contribution >= 4 is 34.0 Å². The monoisotopic (exact) mass is 604 g/mol. The van der Waals surface area contributed by atoms with Crippen LogP contribution in [0.15, 0.2) is 60.9 Å². The number of benzene rings is 2. The number of carbonyl (C=O) groups excluding carboxylic acids is 2. The molecule has 0 saturated carbocycles. The zero-order valence-electron chi connectivity index (χ0n) is 24.9. The number of nitrogens with one attached hydrogen (secondary N) is 1. The molecule has 0 atom stereocenters. The van der Waals surface area contributed by atoms with Crippen LogP contribution in [0.1, 0.15) is 49.8 Å². The highest BCUT2D eigenvalue weighted by molar-refractivity contribution is 6.03. The Balaban J connectivity index is 1.17.